The number of β-amino-alcohol motifs (C(OH)–C–C–N with tert-alkyl or cyclic N) is 1. The van der Waals surface area contributed by atoms with E-state index in [0.717, 1.165) is 24.6 Å². The number of piperidine rings is 1. The number of aliphatic hydroxyl groups excluding tert-OH is 1. The van der Waals surface area contributed by atoms with Crippen molar-refractivity contribution >= 4 is 0 Å². The lowest BCUT2D eigenvalue weighted by atomic mass is 9.98. The van der Waals surface area contributed by atoms with Gasteiger partial charge in [0, 0.05) is 6.54 Å². The van der Waals surface area contributed by atoms with Crippen LogP contribution in [0.5, 0.6) is 11.5 Å². The summed E-state index contributed by atoms with van der Waals surface area (Å²) in [6, 6.07) is 5.60. The van der Waals surface area contributed by atoms with Crippen LogP contribution in [0.4, 0.5) is 0 Å². The molecule has 1 aromatic rings. The Hall–Kier alpha value is -1.26. The van der Waals surface area contributed by atoms with Crippen LogP contribution in [0.3, 0.4) is 0 Å². The lowest BCUT2D eigenvalue weighted by Crippen LogP contribution is -2.35. The van der Waals surface area contributed by atoms with E-state index in [4.69, 9.17) is 9.47 Å². The van der Waals surface area contributed by atoms with Gasteiger partial charge in [0.25, 0.3) is 0 Å². The highest BCUT2D eigenvalue weighted by molar-refractivity contribution is 5.43. The number of rotatable bonds is 5. The molecule has 0 radical (unpaired) electrons. The maximum Gasteiger partial charge on any atom is 0.161 e. The summed E-state index contributed by atoms with van der Waals surface area (Å²) in [5, 5.41) is 10.4. The first-order chi connectivity index (χ1) is 9.63. The van der Waals surface area contributed by atoms with Crippen molar-refractivity contribution in [1.29, 1.82) is 0 Å². The van der Waals surface area contributed by atoms with E-state index in [1.165, 1.54) is 12.8 Å². The molecule has 1 saturated heterocycles. The van der Waals surface area contributed by atoms with Gasteiger partial charge in [-0.15, -0.1) is 0 Å². The normalized spacial score (nSPS) is 18.8. The Balaban J connectivity index is 2.00. The summed E-state index contributed by atoms with van der Waals surface area (Å²) < 4.78 is 10.5. The number of hydrogen-bond donors (Lipinski definition) is 1. The molecule has 4 nitrogen and oxygen atoms in total. The average molecular weight is 279 g/mol. The highest BCUT2D eigenvalue weighted by Crippen LogP contribution is 2.30. The third-order valence-electron chi connectivity index (χ3n) is 4.10. The topological polar surface area (TPSA) is 41.9 Å². The van der Waals surface area contributed by atoms with Gasteiger partial charge in [-0.1, -0.05) is 13.0 Å². The summed E-state index contributed by atoms with van der Waals surface area (Å²) in [5.74, 6) is 2.16. The second-order valence-electron chi connectivity index (χ2n) is 5.61. The summed E-state index contributed by atoms with van der Waals surface area (Å²) in [6.45, 7) is 5.13. The molecule has 1 N–H and O–H groups in total. The van der Waals surface area contributed by atoms with Gasteiger partial charge < -0.3 is 19.5 Å². The predicted octanol–water partition coefficient (Wildman–Crippen LogP) is 2.47. The molecule has 4 heteroatoms. The summed E-state index contributed by atoms with van der Waals surface area (Å²) in [6.07, 6.45) is 1.96. The number of aliphatic hydroxyl groups is 1. The van der Waals surface area contributed by atoms with Crippen LogP contribution in [-0.2, 0) is 0 Å². The number of methoxy groups -OCH3 is 2. The van der Waals surface area contributed by atoms with Crippen molar-refractivity contribution in [1.82, 2.24) is 4.90 Å². The Labute approximate surface area is 121 Å². The monoisotopic (exact) mass is 279 g/mol. The number of ether oxygens (including phenoxy) is 2. The first-order valence-corrected chi connectivity index (χ1v) is 7.26. The smallest absolute Gasteiger partial charge is 0.161 e. The maximum absolute atomic E-state index is 10.4. The van der Waals surface area contributed by atoms with E-state index in [0.29, 0.717) is 18.0 Å². The number of hydrogen-bond acceptors (Lipinski definition) is 4. The van der Waals surface area contributed by atoms with E-state index in [-0.39, 0.29) is 0 Å². The Morgan fingerprint density at radius 3 is 2.45 bits per heavy atom. The average Bonchev–Trinajstić information content (AvgIpc) is 2.48. The van der Waals surface area contributed by atoms with Gasteiger partial charge in [-0.2, -0.15) is 0 Å². The van der Waals surface area contributed by atoms with Crippen LogP contribution in [-0.4, -0.2) is 43.9 Å². The molecule has 1 aliphatic heterocycles. The lowest BCUT2D eigenvalue weighted by Gasteiger charge is -2.31. The van der Waals surface area contributed by atoms with E-state index < -0.39 is 6.10 Å². The molecule has 1 heterocycles. The van der Waals surface area contributed by atoms with Crippen molar-refractivity contribution in [2.45, 2.75) is 25.9 Å². The Kier molecular flexibility index (Phi) is 5.26. The Morgan fingerprint density at radius 1 is 1.20 bits per heavy atom. The molecule has 1 atom stereocenters. The van der Waals surface area contributed by atoms with Crippen LogP contribution >= 0.6 is 0 Å². The molecule has 0 aromatic heterocycles. The van der Waals surface area contributed by atoms with Crippen molar-refractivity contribution in [3.8, 4) is 11.5 Å². The summed E-state index contributed by atoms with van der Waals surface area (Å²) in [4.78, 5) is 2.33. The Bertz CT molecular complexity index is 428. The fourth-order valence-electron chi connectivity index (χ4n) is 2.65. The van der Waals surface area contributed by atoms with Crippen LogP contribution in [0.2, 0.25) is 0 Å². The van der Waals surface area contributed by atoms with Crippen molar-refractivity contribution in [3.63, 3.8) is 0 Å². The van der Waals surface area contributed by atoms with Gasteiger partial charge in [0.05, 0.1) is 20.3 Å². The van der Waals surface area contributed by atoms with Gasteiger partial charge in [-0.05, 0) is 49.5 Å². The molecule has 1 aliphatic rings. The molecule has 112 valence electrons. The van der Waals surface area contributed by atoms with E-state index in [2.05, 4.69) is 11.8 Å². The second kappa shape index (κ2) is 6.95. The first-order valence-electron chi connectivity index (χ1n) is 7.26. The van der Waals surface area contributed by atoms with Gasteiger partial charge in [-0.3, -0.25) is 0 Å². The van der Waals surface area contributed by atoms with Gasteiger partial charge in [0.15, 0.2) is 11.5 Å². The zero-order chi connectivity index (χ0) is 14.5. The standard InChI is InChI=1S/C16H25NO3/c1-12-6-8-17(9-7-12)11-14(18)13-4-5-15(19-2)16(10-13)20-3/h4-5,10,12,14,18H,6-9,11H2,1-3H3. The van der Waals surface area contributed by atoms with Crippen molar-refractivity contribution in [2.24, 2.45) is 5.92 Å². The quantitative estimate of drug-likeness (QED) is 0.899. The molecule has 0 bridgehead atoms. The van der Waals surface area contributed by atoms with E-state index in [9.17, 15) is 5.11 Å². The molecular weight excluding hydrogens is 254 g/mol. The van der Waals surface area contributed by atoms with Crippen molar-refractivity contribution in [2.75, 3.05) is 33.9 Å². The zero-order valence-corrected chi connectivity index (χ0v) is 12.6. The van der Waals surface area contributed by atoms with Gasteiger partial charge in [0.1, 0.15) is 0 Å². The largest absolute Gasteiger partial charge is 0.493 e. The number of likely N-dealkylation sites (tertiary alicyclic amines) is 1. The fraction of sp³-hybridized carbons (Fsp3) is 0.625. The Morgan fingerprint density at radius 2 is 1.85 bits per heavy atom. The van der Waals surface area contributed by atoms with Crippen LogP contribution < -0.4 is 9.47 Å². The van der Waals surface area contributed by atoms with Crippen molar-refractivity contribution < 1.29 is 14.6 Å². The zero-order valence-electron chi connectivity index (χ0n) is 12.6. The molecule has 1 unspecified atom stereocenters. The van der Waals surface area contributed by atoms with E-state index in [1.54, 1.807) is 14.2 Å². The molecule has 0 aliphatic carbocycles. The molecule has 0 amide bonds. The van der Waals surface area contributed by atoms with Crippen LogP contribution in [0.1, 0.15) is 31.4 Å². The second-order valence-corrected chi connectivity index (χ2v) is 5.61. The number of nitrogens with zero attached hydrogens (tertiary/aromatic N) is 1. The predicted molar refractivity (Wildman–Crippen MR) is 79.3 cm³/mol. The van der Waals surface area contributed by atoms with Gasteiger partial charge >= 0.3 is 0 Å². The summed E-state index contributed by atoms with van der Waals surface area (Å²) in [7, 11) is 3.23. The molecule has 20 heavy (non-hydrogen) atoms. The van der Waals surface area contributed by atoms with Crippen LogP contribution in [0.25, 0.3) is 0 Å². The SMILES string of the molecule is COc1ccc(C(O)CN2CCC(C)CC2)cc1OC. The third-order valence-corrected chi connectivity index (χ3v) is 4.10. The number of benzene rings is 1. The molecule has 0 spiro atoms. The first kappa shape index (κ1) is 15.1. The van der Waals surface area contributed by atoms with Crippen LogP contribution in [0.15, 0.2) is 18.2 Å². The fourth-order valence-corrected chi connectivity index (χ4v) is 2.65. The maximum atomic E-state index is 10.4. The molecule has 0 saturated carbocycles. The third kappa shape index (κ3) is 3.64. The summed E-state index contributed by atoms with van der Waals surface area (Å²) in [5.41, 5.74) is 0.876. The molecular formula is C16H25NO3. The lowest BCUT2D eigenvalue weighted by molar-refractivity contribution is 0.0914. The van der Waals surface area contributed by atoms with Gasteiger partial charge in [-0.25, -0.2) is 0 Å². The van der Waals surface area contributed by atoms with E-state index >= 15 is 0 Å². The van der Waals surface area contributed by atoms with Crippen LogP contribution in [0, 0.1) is 5.92 Å². The van der Waals surface area contributed by atoms with Gasteiger partial charge in [0.2, 0.25) is 0 Å². The highest BCUT2D eigenvalue weighted by atomic mass is 16.5. The highest BCUT2D eigenvalue weighted by Gasteiger charge is 2.19. The minimum Gasteiger partial charge on any atom is -0.493 e. The van der Waals surface area contributed by atoms with Crippen molar-refractivity contribution in [3.05, 3.63) is 23.8 Å². The van der Waals surface area contributed by atoms with E-state index in [1.807, 2.05) is 18.2 Å². The minimum atomic E-state index is -0.483. The molecule has 1 aromatic carbocycles. The molecule has 1 fully saturated rings. The molecule has 2 rings (SSSR count). The summed E-state index contributed by atoms with van der Waals surface area (Å²) >= 11 is 0. The minimum absolute atomic E-state index is 0.483.